The van der Waals surface area contributed by atoms with Gasteiger partial charge in [-0.1, -0.05) is 12.1 Å². The Morgan fingerprint density at radius 3 is 2.48 bits per heavy atom. The number of nitrogens with zero attached hydrogens (tertiary/aromatic N) is 2. The Hall–Kier alpha value is -1.13. The van der Waals surface area contributed by atoms with Crippen molar-refractivity contribution < 1.29 is 4.39 Å². The lowest BCUT2D eigenvalue weighted by atomic mass is 9.96. The molecule has 116 valence electrons. The second-order valence-electron chi connectivity index (χ2n) is 6.55. The van der Waals surface area contributed by atoms with Gasteiger partial charge in [0.05, 0.1) is 5.69 Å². The predicted molar refractivity (Wildman–Crippen MR) is 84.5 cm³/mol. The zero-order valence-electron chi connectivity index (χ0n) is 12.7. The Bertz CT molecular complexity index is 463. The van der Waals surface area contributed by atoms with E-state index in [-0.39, 0.29) is 11.5 Å². The lowest BCUT2D eigenvalue weighted by Gasteiger charge is -2.34. The minimum Gasteiger partial charge on any atom is -0.396 e. The Morgan fingerprint density at radius 1 is 1.05 bits per heavy atom. The van der Waals surface area contributed by atoms with Gasteiger partial charge in [-0.25, -0.2) is 4.39 Å². The molecule has 0 aromatic heterocycles. The summed E-state index contributed by atoms with van der Waals surface area (Å²) in [5.41, 5.74) is 6.63. The third-order valence-electron chi connectivity index (χ3n) is 4.92. The van der Waals surface area contributed by atoms with Crippen LogP contribution in [0, 0.1) is 11.7 Å². The van der Waals surface area contributed by atoms with Crippen molar-refractivity contribution in [3.63, 3.8) is 0 Å². The molecule has 0 saturated carbocycles. The molecule has 0 amide bonds. The Labute approximate surface area is 126 Å². The highest BCUT2D eigenvalue weighted by Crippen LogP contribution is 2.23. The molecular formula is C17H26FN3. The van der Waals surface area contributed by atoms with E-state index >= 15 is 0 Å². The standard InChI is InChI=1S/C17H26FN3/c18-17-15(4-3-5-16(17)19)13-21-10-6-14(7-11-21)12-20-8-1-2-9-20/h3-5,14H,1-2,6-13,19H2. The quantitative estimate of drug-likeness (QED) is 0.866. The van der Waals surface area contributed by atoms with Gasteiger partial charge < -0.3 is 10.6 Å². The number of likely N-dealkylation sites (tertiary alicyclic amines) is 2. The average molecular weight is 291 g/mol. The second-order valence-corrected chi connectivity index (χ2v) is 6.55. The number of benzene rings is 1. The van der Waals surface area contributed by atoms with Crippen LogP contribution in [0.15, 0.2) is 18.2 Å². The molecule has 0 unspecified atom stereocenters. The van der Waals surface area contributed by atoms with E-state index in [1.54, 1.807) is 6.07 Å². The van der Waals surface area contributed by atoms with E-state index in [4.69, 9.17) is 5.73 Å². The summed E-state index contributed by atoms with van der Waals surface area (Å²) in [6.07, 6.45) is 5.21. The fourth-order valence-corrected chi connectivity index (χ4v) is 3.62. The number of nitrogen functional groups attached to an aromatic ring is 1. The fraction of sp³-hybridized carbons (Fsp3) is 0.647. The largest absolute Gasteiger partial charge is 0.396 e. The molecule has 2 aliphatic rings. The molecule has 0 spiro atoms. The van der Waals surface area contributed by atoms with Crippen molar-refractivity contribution in [3.05, 3.63) is 29.6 Å². The first-order valence-electron chi connectivity index (χ1n) is 8.20. The lowest BCUT2D eigenvalue weighted by molar-refractivity contribution is 0.148. The molecule has 3 nitrogen and oxygen atoms in total. The van der Waals surface area contributed by atoms with Gasteiger partial charge in [0, 0.05) is 18.7 Å². The minimum atomic E-state index is -0.239. The van der Waals surface area contributed by atoms with Crippen LogP contribution in [-0.4, -0.2) is 42.5 Å². The third kappa shape index (κ3) is 3.74. The molecule has 3 rings (SSSR count). The molecule has 2 fully saturated rings. The molecule has 2 saturated heterocycles. The highest BCUT2D eigenvalue weighted by atomic mass is 19.1. The highest BCUT2D eigenvalue weighted by Gasteiger charge is 2.23. The van der Waals surface area contributed by atoms with E-state index in [1.165, 1.54) is 45.3 Å². The van der Waals surface area contributed by atoms with Crippen LogP contribution < -0.4 is 5.73 Å². The Morgan fingerprint density at radius 2 is 1.76 bits per heavy atom. The smallest absolute Gasteiger partial charge is 0.150 e. The third-order valence-corrected chi connectivity index (χ3v) is 4.92. The summed E-state index contributed by atoms with van der Waals surface area (Å²) in [5, 5.41) is 0. The van der Waals surface area contributed by atoms with Gasteiger partial charge in [-0.05, 0) is 63.8 Å². The fourth-order valence-electron chi connectivity index (χ4n) is 3.62. The van der Waals surface area contributed by atoms with E-state index in [2.05, 4.69) is 9.80 Å². The maximum Gasteiger partial charge on any atom is 0.150 e. The zero-order valence-corrected chi connectivity index (χ0v) is 12.7. The second kappa shape index (κ2) is 6.75. The van der Waals surface area contributed by atoms with Crippen LogP contribution in [0.1, 0.15) is 31.2 Å². The van der Waals surface area contributed by atoms with Gasteiger partial charge in [0.2, 0.25) is 0 Å². The summed E-state index contributed by atoms with van der Waals surface area (Å²) in [4.78, 5) is 4.97. The van der Waals surface area contributed by atoms with Crippen LogP contribution in [0.3, 0.4) is 0 Å². The van der Waals surface area contributed by atoms with Crippen LogP contribution in [-0.2, 0) is 6.54 Å². The topological polar surface area (TPSA) is 32.5 Å². The Balaban J connectivity index is 1.48. The molecule has 2 heterocycles. The van der Waals surface area contributed by atoms with Gasteiger partial charge >= 0.3 is 0 Å². The minimum absolute atomic E-state index is 0.239. The molecule has 0 bridgehead atoms. The first-order chi connectivity index (χ1) is 10.2. The van der Waals surface area contributed by atoms with Crippen LogP contribution >= 0.6 is 0 Å². The van der Waals surface area contributed by atoms with E-state index < -0.39 is 0 Å². The molecule has 4 heteroatoms. The molecule has 1 aromatic rings. The first-order valence-corrected chi connectivity index (χ1v) is 8.20. The Kier molecular flexibility index (Phi) is 4.76. The van der Waals surface area contributed by atoms with Gasteiger partial charge in [0.15, 0.2) is 5.82 Å². The van der Waals surface area contributed by atoms with Gasteiger partial charge in [0.25, 0.3) is 0 Å². The summed E-state index contributed by atoms with van der Waals surface area (Å²) in [5.74, 6) is 0.585. The average Bonchev–Trinajstić information content (AvgIpc) is 2.99. The highest BCUT2D eigenvalue weighted by molar-refractivity contribution is 5.42. The van der Waals surface area contributed by atoms with Crippen molar-refractivity contribution in [2.45, 2.75) is 32.2 Å². The van der Waals surface area contributed by atoms with Crippen LogP contribution in [0.4, 0.5) is 10.1 Å². The summed E-state index contributed by atoms with van der Waals surface area (Å²) in [6, 6.07) is 5.32. The normalized spacial score (nSPS) is 22.0. The van der Waals surface area contributed by atoms with Crippen LogP contribution in [0.5, 0.6) is 0 Å². The van der Waals surface area contributed by atoms with E-state index in [9.17, 15) is 4.39 Å². The number of rotatable bonds is 4. The molecule has 1 aromatic carbocycles. The van der Waals surface area contributed by atoms with Crippen molar-refractivity contribution in [2.75, 3.05) is 38.5 Å². The predicted octanol–water partition coefficient (Wildman–Crippen LogP) is 2.72. The van der Waals surface area contributed by atoms with E-state index in [1.807, 2.05) is 12.1 Å². The van der Waals surface area contributed by atoms with Crippen LogP contribution in [0.25, 0.3) is 0 Å². The molecule has 0 radical (unpaired) electrons. The molecule has 2 aliphatic heterocycles. The van der Waals surface area contributed by atoms with Gasteiger partial charge in [0.1, 0.15) is 0 Å². The molecule has 0 atom stereocenters. The summed E-state index contributed by atoms with van der Waals surface area (Å²) >= 11 is 0. The molecular weight excluding hydrogens is 265 g/mol. The number of anilines is 1. The summed E-state index contributed by atoms with van der Waals surface area (Å²) in [7, 11) is 0. The zero-order chi connectivity index (χ0) is 14.7. The number of piperidine rings is 1. The van der Waals surface area contributed by atoms with Gasteiger partial charge in [-0.15, -0.1) is 0 Å². The SMILES string of the molecule is Nc1cccc(CN2CCC(CN3CCCC3)CC2)c1F. The summed E-state index contributed by atoms with van der Waals surface area (Å²) < 4.78 is 13.9. The number of hydrogen-bond acceptors (Lipinski definition) is 3. The van der Waals surface area contributed by atoms with E-state index in [0.717, 1.165) is 24.6 Å². The van der Waals surface area contributed by atoms with E-state index in [0.29, 0.717) is 6.54 Å². The number of halogens is 1. The number of hydrogen-bond donors (Lipinski definition) is 1. The molecule has 2 N–H and O–H groups in total. The maximum absolute atomic E-state index is 13.9. The maximum atomic E-state index is 13.9. The molecule has 21 heavy (non-hydrogen) atoms. The lowest BCUT2D eigenvalue weighted by Crippen LogP contribution is -2.37. The van der Waals surface area contributed by atoms with Crippen molar-refractivity contribution >= 4 is 5.69 Å². The van der Waals surface area contributed by atoms with Gasteiger partial charge in [-0.3, -0.25) is 4.90 Å². The monoisotopic (exact) mass is 291 g/mol. The first kappa shape index (κ1) is 14.8. The van der Waals surface area contributed by atoms with Crippen molar-refractivity contribution in [2.24, 2.45) is 5.92 Å². The van der Waals surface area contributed by atoms with Crippen molar-refractivity contribution in [1.82, 2.24) is 9.80 Å². The summed E-state index contributed by atoms with van der Waals surface area (Å²) in [6.45, 7) is 6.68. The van der Waals surface area contributed by atoms with Crippen LogP contribution in [0.2, 0.25) is 0 Å². The molecule has 0 aliphatic carbocycles. The van der Waals surface area contributed by atoms with Crippen molar-refractivity contribution in [1.29, 1.82) is 0 Å². The van der Waals surface area contributed by atoms with Crippen molar-refractivity contribution in [3.8, 4) is 0 Å². The van der Waals surface area contributed by atoms with Gasteiger partial charge in [-0.2, -0.15) is 0 Å². The number of nitrogens with two attached hydrogens (primary N) is 1.